The molecule has 5 nitrogen and oxygen atoms in total. The highest BCUT2D eigenvalue weighted by molar-refractivity contribution is 5.81. The number of rotatable bonds is 1. The van der Waals surface area contributed by atoms with E-state index >= 15 is 0 Å². The summed E-state index contributed by atoms with van der Waals surface area (Å²) in [5, 5.41) is 4.91. The number of aromatic nitrogens is 3. The number of ether oxygens (including phenoxy) is 1. The Hall–Kier alpha value is -2.30. The Morgan fingerprint density at radius 1 is 1.35 bits per heavy atom. The van der Waals surface area contributed by atoms with Crippen molar-refractivity contribution in [3.63, 3.8) is 0 Å². The van der Waals surface area contributed by atoms with Crippen molar-refractivity contribution in [3.8, 4) is 5.75 Å². The van der Waals surface area contributed by atoms with Gasteiger partial charge < -0.3 is 9.72 Å². The zero-order chi connectivity index (χ0) is 12.0. The number of methoxy groups -OCH3 is 1. The largest absolute Gasteiger partial charge is 0.497 e. The summed E-state index contributed by atoms with van der Waals surface area (Å²) in [6.45, 7) is 1.89. The maximum atomic E-state index is 11.9. The van der Waals surface area contributed by atoms with Crippen LogP contribution in [0.3, 0.4) is 0 Å². The molecule has 3 aromatic rings. The second kappa shape index (κ2) is 3.35. The van der Waals surface area contributed by atoms with Crippen LogP contribution in [0.25, 0.3) is 16.6 Å². The zero-order valence-electron chi connectivity index (χ0n) is 9.52. The number of nitrogens with one attached hydrogen (secondary N) is 1. The summed E-state index contributed by atoms with van der Waals surface area (Å²) in [5.41, 5.74) is 2.21. The molecule has 0 aliphatic carbocycles. The third-order valence-corrected chi connectivity index (χ3v) is 2.75. The van der Waals surface area contributed by atoms with E-state index in [9.17, 15) is 4.79 Å². The van der Waals surface area contributed by atoms with Crippen LogP contribution < -0.4 is 10.3 Å². The second-order valence-electron chi connectivity index (χ2n) is 3.92. The summed E-state index contributed by atoms with van der Waals surface area (Å²) >= 11 is 0. The van der Waals surface area contributed by atoms with Crippen LogP contribution in [0, 0.1) is 6.92 Å². The lowest BCUT2D eigenvalue weighted by Crippen LogP contribution is -2.10. The molecule has 5 heteroatoms. The molecule has 17 heavy (non-hydrogen) atoms. The van der Waals surface area contributed by atoms with E-state index in [2.05, 4.69) is 10.1 Å². The Balaban J connectivity index is 2.53. The Morgan fingerprint density at radius 3 is 2.94 bits per heavy atom. The molecule has 86 valence electrons. The second-order valence-corrected chi connectivity index (χ2v) is 3.92. The number of nitrogens with zero attached hydrogens (tertiary/aromatic N) is 2. The molecule has 2 heterocycles. The van der Waals surface area contributed by atoms with Gasteiger partial charge in [0.2, 0.25) is 0 Å². The van der Waals surface area contributed by atoms with E-state index in [1.165, 1.54) is 0 Å². The quantitative estimate of drug-likeness (QED) is 0.687. The number of hydrogen-bond acceptors (Lipinski definition) is 3. The van der Waals surface area contributed by atoms with Crippen molar-refractivity contribution in [1.29, 1.82) is 0 Å². The van der Waals surface area contributed by atoms with Gasteiger partial charge in [-0.3, -0.25) is 4.79 Å². The van der Waals surface area contributed by atoms with Crippen LogP contribution in [0.5, 0.6) is 5.75 Å². The van der Waals surface area contributed by atoms with E-state index in [0.717, 1.165) is 11.2 Å². The summed E-state index contributed by atoms with van der Waals surface area (Å²) in [7, 11) is 1.58. The number of aryl methyl sites for hydroxylation is 1. The molecule has 0 spiro atoms. The molecular weight excluding hydrogens is 218 g/mol. The van der Waals surface area contributed by atoms with Gasteiger partial charge in [0, 0.05) is 6.07 Å². The van der Waals surface area contributed by atoms with Gasteiger partial charge in [0.15, 0.2) is 0 Å². The van der Waals surface area contributed by atoms with Gasteiger partial charge in [0.05, 0.1) is 23.7 Å². The first kappa shape index (κ1) is 9.89. The van der Waals surface area contributed by atoms with Crippen LogP contribution >= 0.6 is 0 Å². The van der Waals surface area contributed by atoms with Crippen molar-refractivity contribution < 1.29 is 4.74 Å². The molecule has 0 radical (unpaired) electrons. The lowest BCUT2D eigenvalue weighted by atomic mass is 10.2. The van der Waals surface area contributed by atoms with Crippen molar-refractivity contribution in [2.45, 2.75) is 6.92 Å². The fourth-order valence-corrected chi connectivity index (χ4v) is 1.96. The van der Waals surface area contributed by atoms with Crippen LogP contribution in [0.15, 0.2) is 29.1 Å². The Labute approximate surface area is 96.6 Å². The minimum atomic E-state index is -0.133. The highest BCUT2D eigenvalue weighted by atomic mass is 16.5. The Bertz CT molecular complexity index is 770. The highest BCUT2D eigenvalue weighted by Crippen LogP contribution is 2.18. The predicted octanol–water partition coefficient (Wildman–Crippen LogP) is 1.49. The van der Waals surface area contributed by atoms with Gasteiger partial charge in [-0.05, 0) is 25.1 Å². The van der Waals surface area contributed by atoms with Crippen LogP contribution in [-0.2, 0) is 0 Å². The zero-order valence-corrected chi connectivity index (χ0v) is 9.52. The number of aromatic amines is 1. The van der Waals surface area contributed by atoms with E-state index in [1.54, 1.807) is 17.7 Å². The Morgan fingerprint density at radius 2 is 2.18 bits per heavy atom. The van der Waals surface area contributed by atoms with E-state index in [1.807, 2.05) is 25.1 Å². The van der Waals surface area contributed by atoms with Crippen LogP contribution in [0.2, 0.25) is 0 Å². The molecule has 1 N–H and O–H groups in total. The molecule has 0 bridgehead atoms. The summed E-state index contributed by atoms with van der Waals surface area (Å²) in [4.78, 5) is 14.7. The van der Waals surface area contributed by atoms with E-state index in [-0.39, 0.29) is 5.56 Å². The van der Waals surface area contributed by atoms with Crippen molar-refractivity contribution in [1.82, 2.24) is 14.6 Å². The average Bonchev–Trinajstić information content (AvgIpc) is 2.69. The third-order valence-electron chi connectivity index (χ3n) is 2.75. The van der Waals surface area contributed by atoms with Crippen molar-refractivity contribution in [2.75, 3.05) is 7.11 Å². The molecule has 0 fully saturated rings. The SMILES string of the molecule is COc1ccc2c(c1)c(=O)[nH]c1cc(C)nn12. The standard InChI is InChI=1S/C12H11N3O2/c1-7-5-11-13-12(16)9-6-8(17-2)3-4-10(9)15(11)14-7/h3-6H,1-2H3,(H,13,16). The highest BCUT2D eigenvalue weighted by Gasteiger charge is 2.07. The Kier molecular flexibility index (Phi) is 1.95. The lowest BCUT2D eigenvalue weighted by Gasteiger charge is -2.03. The molecule has 0 saturated heterocycles. The van der Waals surface area contributed by atoms with Gasteiger partial charge in [-0.1, -0.05) is 0 Å². The summed E-state index contributed by atoms with van der Waals surface area (Å²) in [6, 6.07) is 7.21. The average molecular weight is 229 g/mol. The van der Waals surface area contributed by atoms with Crippen molar-refractivity contribution in [3.05, 3.63) is 40.3 Å². The van der Waals surface area contributed by atoms with Gasteiger partial charge in [-0.2, -0.15) is 5.10 Å². The first-order valence-corrected chi connectivity index (χ1v) is 5.25. The number of fused-ring (bicyclic) bond motifs is 3. The molecule has 0 atom stereocenters. The minimum absolute atomic E-state index is 0.133. The van der Waals surface area contributed by atoms with E-state index in [4.69, 9.17) is 4.74 Å². The van der Waals surface area contributed by atoms with Crippen molar-refractivity contribution >= 4 is 16.6 Å². The van der Waals surface area contributed by atoms with Gasteiger partial charge in [0.1, 0.15) is 11.4 Å². The minimum Gasteiger partial charge on any atom is -0.497 e. The number of H-pyrrole nitrogens is 1. The van der Waals surface area contributed by atoms with Crippen LogP contribution in [0.4, 0.5) is 0 Å². The molecule has 0 aliphatic heterocycles. The van der Waals surface area contributed by atoms with Crippen LogP contribution in [0.1, 0.15) is 5.69 Å². The van der Waals surface area contributed by atoms with Crippen LogP contribution in [-0.4, -0.2) is 21.7 Å². The van der Waals surface area contributed by atoms with Crippen molar-refractivity contribution in [2.24, 2.45) is 0 Å². The molecule has 2 aromatic heterocycles. The molecule has 0 saturated carbocycles. The first-order valence-electron chi connectivity index (χ1n) is 5.25. The smallest absolute Gasteiger partial charge is 0.259 e. The maximum absolute atomic E-state index is 11.9. The third kappa shape index (κ3) is 1.39. The molecule has 0 amide bonds. The molecule has 0 unspecified atom stereocenters. The number of benzene rings is 1. The normalized spacial score (nSPS) is 11.2. The molecule has 3 rings (SSSR count). The van der Waals surface area contributed by atoms with Gasteiger partial charge in [0.25, 0.3) is 5.56 Å². The molecule has 1 aromatic carbocycles. The predicted molar refractivity (Wildman–Crippen MR) is 64.6 cm³/mol. The maximum Gasteiger partial charge on any atom is 0.259 e. The summed E-state index contributed by atoms with van der Waals surface area (Å²) in [6.07, 6.45) is 0. The van der Waals surface area contributed by atoms with E-state index < -0.39 is 0 Å². The summed E-state index contributed by atoms with van der Waals surface area (Å²) in [5.74, 6) is 0.659. The summed E-state index contributed by atoms with van der Waals surface area (Å²) < 4.78 is 6.84. The van der Waals surface area contributed by atoms with Gasteiger partial charge in [-0.15, -0.1) is 0 Å². The first-order chi connectivity index (χ1) is 8.19. The monoisotopic (exact) mass is 229 g/mol. The fraction of sp³-hybridized carbons (Fsp3) is 0.167. The fourth-order valence-electron chi connectivity index (χ4n) is 1.96. The number of hydrogen-bond donors (Lipinski definition) is 1. The lowest BCUT2D eigenvalue weighted by molar-refractivity contribution is 0.415. The van der Waals surface area contributed by atoms with Gasteiger partial charge >= 0.3 is 0 Å². The molecule has 0 aliphatic rings. The topological polar surface area (TPSA) is 59.4 Å². The van der Waals surface area contributed by atoms with Gasteiger partial charge in [-0.25, -0.2) is 4.52 Å². The molecular formula is C12H11N3O2. The van der Waals surface area contributed by atoms with E-state index in [0.29, 0.717) is 16.8 Å².